The molecule has 114 valence electrons. The Balaban J connectivity index is 2.04. The second-order valence-electron chi connectivity index (χ2n) is 5.15. The maximum atomic E-state index is 4.74. The molecule has 0 aromatic carbocycles. The Bertz CT molecular complexity index is 597. The molecule has 0 saturated heterocycles. The molecule has 0 radical (unpaired) electrons. The van der Waals surface area contributed by atoms with Crippen LogP contribution in [0, 0.1) is 6.92 Å². The zero-order chi connectivity index (χ0) is 15.2. The summed E-state index contributed by atoms with van der Waals surface area (Å²) in [5, 5.41) is 3.36. The van der Waals surface area contributed by atoms with Crippen LogP contribution in [0.25, 0.3) is 0 Å². The fourth-order valence-electron chi connectivity index (χ4n) is 2.17. The minimum Gasteiger partial charge on any atom is -0.357 e. The third-order valence-corrected chi connectivity index (χ3v) is 4.31. The van der Waals surface area contributed by atoms with Gasteiger partial charge in [0, 0.05) is 42.3 Å². The van der Waals surface area contributed by atoms with E-state index in [0.717, 1.165) is 25.6 Å². The molecule has 0 amide bonds. The molecule has 2 aromatic rings. The summed E-state index contributed by atoms with van der Waals surface area (Å²) in [4.78, 5) is 9.54. The Morgan fingerprint density at radius 2 is 2.19 bits per heavy atom. The second-order valence-corrected chi connectivity index (χ2v) is 6.52. The Kier molecular flexibility index (Phi) is 5.44. The van der Waals surface area contributed by atoms with Gasteiger partial charge in [0.1, 0.15) is 0 Å². The predicted octanol–water partition coefficient (Wildman–Crippen LogP) is 2.99. The molecule has 2 rings (SSSR count). The SMILES string of the molecule is CCNC(=NCc1ccc(C)s1)N(C)Cc1cccn1C. The summed E-state index contributed by atoms with van der Waals surface area (Å²) < 4.78 is 2.14. The maximum Gasteiger partial charge on any atom is 0.194 e. The number of guanidine groups is 1. The van der Waals surface area contributed by atoms with Gasteiger partial charge < -0.3 is 14.8 Å². The van der Waals surface area contributed by atoms with Crippen LogP contribution in [0.15, 0.2) is 35.5 Å². The van der Waals surface area contributed by atoms with Gasteiger partial charge in [-0.1, -0.05) is 0 Å². The van der Waals surface area contributed by atoms with Gasteiger partial charge in [-0.15, -0.1) is 11.3 Å². The fraction of sp³-hybridized carbons (Fsp3) is 0.438. The van der Waals surface area contributed by atoms with Crippen LogP contribution in [-0.2, 0) is 20.1 Å². The van der Waals surface area contributed by atoms with Gasteiger partial charge in [-0.3, -0.25) is 0 Å². The summed E-state index contributed by atoms with van der Waals surface area (Å²) in [6.45, 7) is 6.68. The number of rotatable bonds is 5. The average Bonchev–Trinajstić information content (AvgIpc) is 3.04. The molecule has 0 saturated carbocycles. The highest BCUT2D eigenvalue weighted by Crippen LogP contribution is 2.16. The molecule has 0 bridgehead atoms. The van der Waals surface area contributed by atoms with E-state index in [9.17, 15) is 0 Å². The molecule has 5 heteroatoms. The second kappa shape index (κ2) is 7.31. The standard InChI is InChI=1S/C16H24N4S/c1-5-17-16(18-11-15-9-8-13(2)21-15)20(4)12-14-7-6-10-19(14)3/h6-10H,5,11-12H2,1-4H3,(H,17,18). The van der Waals surface area contributed by atoms with Crippen molar-refractivity contribution in [1.82, 2.24) is 14.8 Å². The van der Waals surface area contributed by atoms with Crippen LogP contribution in [0.3, 0.4) is 0 Å². The molecule has 1 N–H and O–H groups in total. The summed E-state index contributed by atoms with van der Waals surface area (Å²) in [6, 6.07) is 8.52. The van der Waals surface area contributed by atoms with Crippen molar-refractivity contribution < 1.29 is 0 Å². The number of aromatic nitrogens is 1. The number of hydrogen-bond acceptors (Lipinski definition) is 2. The molecule has 0 atom stereocenters. The summed E-state index contributed by atoms with van der Waals surface area (Å²) in [5.74, 6) is 0.949. The highest BCUT2D eigenvalue weighted by Gasteiger charge is 2.08. The molecular weight excluding hydrogens is 280 g/mol. The van der Waals surface area contributed by atoms with Gasteiger partial charge in [-0.05, 0) is 38.1 Å². The molecule has 0 aliphatic rings. The van der Waals surface area contributed by atoms with Gasteiger partial charge in [-0.25, -0.2) is 4.99 Å². The number of nitrogens with one attached hydrogen (secondary N) is 1. The van der Waals surface area contributed by atoms with Crippen LogP contribution in [0.4, 0.5) is 0 Å². The number of nitrogens with zero attached hydrogens (tertiary/aromatic N) is 3. The number of aliphatic imine (C=N–C) groups is 1. The summed E-state index contributed by atoms with van der Waals surface area (Å²) in [7, 11) is 4.15. The molecule has 0 unspecified atom stereocenters. The summed E-state index contributed by atoms with van der Waals surface area (Å²) >= 11 is 1.81. The normalized spacial score (nSPS) is 11.7. The van der Waals surface area contributed by atoms with E-state index in [0.29, 0.717) is 0 Å². The molecule has 2 heterocycles. The summed E-state index contributed by atoms with van der Waals surface area (Å²) in [5.41, 5.74) is 1.27. The van der Waals surface area contributed by atoms with Crippen LogP contribution in [-0.4, -0.2) is 29.0 Å². The van der Waals surface area contributed by atoms with Crippen molar-refractivity contribution in [3.8, 4) is 0 Å². The van der Waals surface area contributed by atoms with Gasteiger partial charge in [0.15, 0.2) is 5.96 Å². The van der Waals surface area contributed by atoms with Crippen molar-refractivity contribution in [2.45, 2.75) is 26.9 Å². The van der Waals surface area contributed by atoms with E-state index >= 15 is 0 Å². The zero-order valence-electron chi connectivity index (χ0n) is 13.3. The molecule has 0 aliphatic carbocycles. The third-order valence-electron chi connectivity index (χ3n) is 3.33. The van der Waals surface area contributed by atoms with Crippen LogP contribution in [0.1, 0.15) is 22.4 Å². The van der Waals surface area contributed by atoms with E-state index in [-0.39, 0.29) is 0 Å². The minimum atomic E-state index is 0.734. The van der Waals surface area contributed by atoms with Crippen molar-refractivity contribution in [3.05, 3.63) is 45.9 Å². The lowest BCUT2D eigenvalue weighted by Gasteiger charge is -2.22. The van der Waals surface area contributed by atoms with Crippen LogP contribution >= 0.6 is 11.3 Å². The topological polar surface area (TPSA) is 32.6 Å². The Hall–Kier alpha value is -1.75. The monoisotopic (exact) mass is 304 g/mol. The quantitative estimate of drug-likeness (QED) is 0.680. The van der Waals surface area contributed by atoms with Crippen molar-refractivity contribution in [1.29, 1.82) is 0 Å². The first kappa shape index (κ1) is 15.6. The molecule has 2 aromatic heterocycles. The van der Waals surface area contributed by atoms with Crippen LogP contribution < -0.4 is 5.32 Å². The van der Waals surface area contributed by atoms with E-state index < -0.39 is 0 Å². The van der Waals surface area contributed by atoms with Crippen molar-refractivity contribution in [2.75, 3.05) is 13.6 Å². The van der Waals surface area contributed by atoms with Gasteiger partial charge in [0.2, 0.25) is 0 Å². The van der Waals surface area contributed by atoms with Gasteiger partial charge in [0.05, 0.1) is 13.1 Å². The lowest BCUT2D eigenvalue weighted by atomic mass is 10.4. The maximum absolute atomic E-state index is 4.74. The fourth-order valence-corrected chi connectivity index (χ4v) is 2.99. The lowest BCUT2D eigenvalue weighted by molar-refractivity contribution is 0.462. The summed E-state index contributed by atoms with van der Waals surface area (Å²) in [6.07, 6.45) is 2.07. The average molecular weight is 304 g/mol. The minimum absolute atomic E-state index is 0.734. The van der Waals surface area contributed by atoms with Gasteiger partial charge in [0.25, 0.3) is 0 Å². The smallest absolute Gasteiger partial charge is 0.194 e. The molecule has 4 nitrogen and oxygen atoms in total. The first-order valence-electron chi connectivity index (χ1n) is 7.25. The Morgan fingerprint density at radius 1 is 1.38 bits per heavy atom. The van der Waals surface area contributed by atoms with Crippen molar-refractivity contribution in [2.24, 2.45) is 12.0 Å². The lowest BCUT2D eigenvalue weighted by Crippen LogP contribution is -2.38. The highest BCUT2D eigenvalue weighted by atomic mass is 32.1. The largest absolute Gasteiger partial charge is 0.357 e. The van der Waals surface area contributed by atoms with E-state index in [1.807, 2.05) is 11.3 Å². The molecule has 0 aliphatic heterocycles. The first-order valence-corrected chi connectivity index (χ1v) is 8.06. The van der Waals surface area contributed by atoms with E-state index in [4.69, 9.17) is 4.99 Å². The van der Waals surface area contributed by atoms with E-state index in [2.05, 4.69) is 73.2 Å². The van der Waals surface area contributed by atoms with Crippen molar-refractivity contribution >= 4 is 17.3 Å². The molecular formula is C16H24N4S. The van der Waals surface area contributed by atoms with Crippen LogP contribution in [0.2, 0.25) is 0 Å². The number of aryl methyl sites for hydroxylation is 2. The number of hydrogen-bond donors (Lipinski definition) is 1. The Labute approximate surface area is 131 Å². The zero-order valence-corrected chi connectivity index (χ0v) is 14.1. The molecule has 21 heavy (non-hydrogen) atoms. The van der Waals surface area contributed by atoms with E-state index in [1.54, 1.807) is 0 Å². The van der Waals surface area contributed by atoms with E-state index in [1.165, 1.54) is 15.4 Å². The third kappa shape index (κ3) is 4.36. The van der Waals surface area contributed by atoms with Gasteiger partial charge in [-0.2, -0.15) is 0 Å². The molecule has 0 fully saturated rings. The molecule has 0 spiro atoms. The Morgan fingerprint density at radius 3 is 2.76 bits per heavy atom. The first-order chi connectivity index (χ1) is 10.1. The highest BCUT2D eigenvalue weighted by molar-refractivity contribution is 7.11. The van der Waals surface area contributed by atoms with Crippen LogP contribution in [0.5, 0.6) is 0 Å². The van der Waals surface area contributed by atoms with Gasteiger partial charge >= 0.3 is 0 Å². The predicted molar refractivity (Wildman–Crippen MR) is 90.8 cm³/mol. The number of thiophene rings is 1. The van der Waals surface area contributed by atoms with Crippen molar-refractivity contribution in [3.63, 3.8) is 0 Å².